The van der Waals surface area contributed by atoms with E-state index in [0.29, 0.717) is 29.5 Å². The van der Waals surface area contributed by atoms with Gasteiger partial charge >= 0.3 is 0 Å². The number of benzene rings is 2. The van der Waals surface area contributed by atoms with Crippen molar-refractivity contribution in [2.24, 2.45) is 0 Å². The zero-order chi connectivity index (χ0) is 18.5. The number of ether oxygens (including phenoxy) is 1. The zero-order valence-electron chi connectivity index (χ0n) is 14.6. The van der Waals surface area contributed by atoms with Gasteiger partial charge in [-0.2, -0.15) is 0 Å². The number of carbonyl (C=O) groups is 2. The third kappa shape index (κ3) is 4.42. The topological polar surface area (TPSA) is 58.6 Å². The molecule has 5 nitrogen and oxygen atoms in total. The normalized spacial score (nSPS) is 14.7. The average molecular weight is 373 g/mol. The Hall–Kier alpha value is -2.37. The van der Waals surface area contributed by atoms with Gasteiger partial charge in [0.25, 0.3) is 5.91 Å². The summed E-state index contributed by atoms with van der Waals surface area (Å²) in [5.41, 5.74) is 2.04. The molecule has 0 aliphatic carbocycles. The molecule has 0 radical (unpaired) electrons. The summed E-state index contributed by atoms with van der Waals surface area (Å²) in [5, 5.41) is 3.27. The molecule has 2 aromatic rings. The van der Waals surface area contributed by atoms with Crippen LogP contribution in [0.4, 0.5) is 11.4 Å². The molecule has 0 unspecified atom stereocenters. The SMILES string of the molecule is CC(=O)Nc1ccc(N(C(=O)c2cccc(Cl)c2)C2CCOCC2)cc1. The second-order valence-electron chi connectivity index (χ2n) is 6.26. The predicted octanol–water partition coefficient (Wildman–Crippen LogP) is 4.12. The molecule has 0 spiro atoms. The third-order valence-corrected chi connectivity index (χ3v) is 4.55. The minimum absolute atomic E-state index is 0.0573. The van der Waals surface area contributed by atoms with E-state index < -0.39 is 0 Å². The molecule has 2 aromatic carbocycles. The van der Waals surface area contributed by atoms with Crippen LogP contribution in [0.2, 0.25) is 5.02 Å². The second-order valence-corrected chi connectivity index (χ2v) is 6.69. The summed E-state index contributed by atoms with van der Waals surface area (Å²) < 4.78 is 5.45. The highest BCUT2D eigenvalue weighted by molar-refractivity contribution is 6.31. The maximum Gasteiger partial charge on any atom is 0.258 e. The first-order chi connectivity index (χ1) is 12.5. The molecule has 1 fully saturated rings. The van der Waals surface area contributed by atoms with Gasteiger partial charge in [0.2, 0.25) is 5.91 Å². The van der Waals surface area contributed by atoms with Gasteiger partial charge in [-0.1, -0.05) is 17.7 Å². The summed E-state index contributed by atoms with van der Waals surface area (Å²) in [5.74, 6) is -0.222. The summed E-state index contributed by atoms with van der Waals surface area (Å²) in [6.07, 6.45) is 1.56. The minimum Gasteiger partial charge on any atom is -0.381 e. The quantitative estimate of drug-likeness (QED) is 0.878. The lowest BCUT2D eigenvalue weighted by Crippen LogP contribution is -2.43. The van der Waals surface area contributed by atoms with Crippen LogP contribution in [0.3, 0.4) is 0 Å². The van der Waals surface area contributed by atoms with E-state index >= 15 is 0 Å². The molecular formula is C20H21ClN2O3. The number of hydrogen-bond donors (Lipinski definition) is 1. The first kappa shape index (κ1) is 18.4. The maximum absolute atomic E-state index is 13.2. The first-order valence-corrected chi connectivity index (χ1v) is 8.97. The van der Waals surface area contributed by atoms with Crippen molar-refractivity contribution in [3.8, 4) is 0 Å². The van der Waals surface area contributed by atoms with E-state index in [1.807, 2.05) is 17.0 Å². The summed E-state index contributed by atoms with van der Waals surface area (Å²) in [6, 6.07) is 14.3. The molecule has 1 heterocycles. The van der Waals surface area contributed by atoms with Crippen LogP contribution >= 0.6 is 11.6 Å². The van der Waals surface area contributed by atoms with E-state index in [9.17, 15) is 9.59 Å². The summed E-state index contributed by atoms with van der Waals surface area (Å²) >= 11 is 6.06. The Morgan fingerprint density at radius 1 is 1.12 bits per heavy atom. The fourth-order valence-electron chi connectivity index (χ4n) is 3.11. The van der Waals surface area contributed by atoms with Gasteiger partial charge in [-0.05, 0) is 55.3 Å². The number of amides is 2. The van der Waals surface area contributed by atoms with Crippen molar-refractivity contribution in [3.05, 3.63) is 59.1 Å². The Balaban J connectivity index is 1.92. The molecule has 1 aliphatic heterocycles. The zero-order valence-corrected chi connectivity index (χ0v) is 15.3. The summed E-state index contributed by atoms with van der Waals surface area (Å²) in [7, 11) is 0. The van der Waals surface area contributed by atoms with Crippen molar-refractivity contribution in [2.75, 3.05) is 23.4 Å². The van der Waals surface area contributed by atoms with Crippen LogP contribution in [0.15, 0.2) is 48.5 Å². The van der Waals surface area contributed by atoms with Crippen molar-refractivity contribution in [3.63, 3.8) is 0 Å². The number of nitrogens with one attached hydrogen (secondary N) is 1. The van der Waals surface area contributed by atoms with Gasteiger partial charge in [-0.15, -0.1) is 0 Å². The molecule has 1 saturated heterocycles. The lowest BCUT2D eigenvalue weighted by Gasteiger charge is -2.34. The van der Waals surface area contributed by atoms with Gasteiger partial charge < -0.3 is 15.0 Å². The van der Waals surface area contributed by atoms with Crippen molar-refractivity contribution in [1.29, 1.82) is 0 Å². The van der Waals surface area contributed by atoms with Crippen molar-refractivity contribution >= 4 is 34.8 Å². The molecule has 26 heavy (non-hydrogen) atoms. The van der Waals surface area contributed by atoms with E-state index in [0.717, 1.165) is 18.5 Å². The van der Waals surface area contributed by atoms with Crippen LogP contribution in [-0.2, 0) is 9.53 Å². The number of anilines is 2. The van der Waals surface area contributed by atoms with Crippen molar-refractivity contribution in [1.82, 2.24) is 0 Å². The molecule has 3 rings (SSSR count). The monoisotopic (exact) mass is 372 g/mol. The largest absolute Gasteiger partial charge is 0.381 e. The fraction of sp³-hybridized carbons (Fsp3) is 0.300. The molecule has 0 bridgehead atoms. The van der Waals surface area contributed by atoms with Crippen molar-refractivity contribution < 1.29 is 14.3 Å². The highest BCUT2D eigenvalue weighted by Gasteiger charge is 2.28. The highest BCUT2D eigenvalue weighted by atomic mass is 35.5. The van der Waals surface area contributed by atoms with E-state index in [2.05, 4.69) is 5.32 Å². The van der Waals surface area contributed by atoms with Gasteiger partial charge in [0.15, 0.2) is 0 Å². The Bertz CT molecular complexity index is 786. The van der Waals surface area contributed by atoms with E-state index in [-0.39, 0.29) is 17.9 Å². The van der Waals surface area contributed by atoms with Crippen LogP contribution in [0.25, 0.3) is 0 Å². The van der Waals surface area contributed by atoms with E-state index in [1.54, 1.807) is 36.4 Å². The summed E-state index contributed by atoms with van der Waals surface area (Å²) in [4.78, 5) is 26.2. The highest BCUT2D eigenvalue weighted by Crippen LogP contribution is 2.27. The number of carbonyl (C=O) groups excluding carboxylic acids is 2. The molecule has 0 saturated carbocycles. The lowest BCUT2D eigenvalue weighted by molar-refractivity contribution is -0.114. The average Bonchev–Trinajstić information content (AvgIpc) is 2.64. The molecule has 6 heteroatoms. The van der Waals surface area contributed by atoms with Gasteiger partial charge in [-0.3, -0.25) is 9.59 Å². The molecule has 1 N–H and O–H groups in total. The smallest absolute Gasteiger partial charge is 0.258 e. The Morgan fingerprint density at radius 3 is 2.42 bits per heavy atom. The van der Waals surface area contributed by atoms with Gasteiger partial charge in [0.05, 0.1) is 0 Å². The van der Waals surface area contributed by atoms with Crippen LogP contribution < -0.4 is 10.2 Å². The predicted molar refractivity (Wildman–Crippen MR) is 103 cm³/mol. The lowest BCUT2D eigenvalue weighted by atomic mass is 10.0. The van der Waals surface area contributed by atoms with Crippen LogP contribution in [0, 0.1) is 0 Å². The van der Waals surface area contributed by atoms with Gasteiger partial charge in [-0.25, -0.2) is 0 Å². The van der Waals surface area contributed by atoms with E-state index in [1.165, 1.54) is 6.92 Å². The molecule has 1 aliphatic rings. The Morgan fingerprint density at radius 2 is 1.81 bits per heavy atom. The molecule has 0 atom stereocenters. The standard InChI is InChI=1S/C20H21ClN2O3/c1-14(24)22-17-5-7-18(8-6-17)23(19-9-11-26-12-10-19)20(25)15-3-2-4-16(21)13-15/h2-8,13,19H,9-12H2,1H3,(H,22,24). The number of rotatable bonds is 4. The fourth-order valence-corrected chi connectivity index (χ4v) is 3.30. The van der Waals surface area contributed by atoms with E-state index in [4.69, 9.17) is 16.3 Å². The third-order valence-electron chi connectivity index (χ3n) is 4.31. The number of hydrogen-bond acceptors (Lipinski definition) is 3. The second kappa shape index (κ2) is 8.34. The Labute approximate surface area is 157 Å². The number of nitrogens with zero attached hydrogens (tertiary/aromatic N) is 1. The molecule has 0 aromatic heterocycles. The van der Waals surface area contributed by atoms with Gasteiger partial charge in [0.1, 0.15) is 0 Å². The van der Waals surface area contributed by atoms with Crippen molar-refractivity contribution in [2.45, 2.75) is 25.8 Å². The number of halogens is 1. The maximum atomic E-state index is 13.2. The molecular weight excluding hydrogens is 352 g/mol. The van der Waals surface area contributed by atoms with Crippen LogP contribution in [0.1, 0.15) is 30.1 Å². The molecule has 2 amide bonds. The minimum atomic E-state index is -0.131. The Kier molecular flexibility index (Phi) is 5.91. The molecule has 136 valence electrons. The first-order valence-electron chi connectivity index (χ1n) is 8.59. The van der Waals surface area contributed by atoms with Crippen LogP contribution in [-0.4, -0.2) is 31.1 Å². The summed E-state index contributed by atoms with van der Waals surface area (Å²) in [6.45, 7) is 2.73. The van der Waals surface area contributed by atoms with Gasteiger partial charge in [0, 0.05) is 48.1 Å². The van der Waals surface area contributed by atoms with Crippen LogP contribution in [0.5, 0.6) is 0 Å².